The van der Waals surface area contributed by atoms with Crippen molar-refractivity contribution in [2.75, 3.05) is 13.7 Å². The molecule has 0 saturated carbocycles. The monoisotopic (exact) mass is 399 g/mol. The zero-order chi connectivity index (χ0) is 19.6. The molecule has 2 heterocycles. The van der Waals surface area contributed by atoms with Gasteiger partial charge in [-0.2, -0.15) is 9.29 Å². The summed E-state index contributed by atoms with van der Waals surface area (Å²) in [5.74, 6) is 1.58. The zero-order valence-electron chi connectivity index (χ0n) is 15.5. The number of aromatic nitrogens is 2. The van der Waals surface area contributed by atoms with Crippen LogP contribution in [0.5, 0.6) is 5.75 Å². The van der Waals surface area contributed by atoms with Crippen molar-refractivity contribution in [3.8, 4) is 17.2 Å². The molecular weight excluding hydrogens is 378 g/mol. The molecule has 1 atom stereocenters. The van der Waals surface area contributed by atoms with Crippen LogP contribution in [0.15, 0.2) is 64.0 Å². The standard InChI is InChI=1S/C20H21N3O4S/c1-26-17-9-11-18(12-10-17)28(24,25)23-13-5-8-16(23)14-19-21-20(27-22-19)15-6-3-2-4-7-15/h2-4,6-7,9-12,16H,5,8,13-14H2,1H3. The first-order valence-corrected chi connectivity index (χ1v) is 10.6. The van der Waals surface area contributed by atoms with Gasteiger partial charge < -0.3 is 9.26 Å². The minimum absolute atomic E-state index is 0.187. The number of ether oxygens (including phenoxy) is 1. The number of rotatable bonds is 6. The van der Waals surface area contributed by atoms with E-state index in [1.54, 1.807) is 35.7 Å². The Balaban J connectivity index is 1.53. The van der Waals surface area contributed by atoms with Gasteiger partial charge in [0.2, 0.25) is 10.0 Å². The zero-order valence-corrected chi connectivity index (χ0v) is 16.3. The molecule has 7 nitrogen and oxygen atoms in total. The average molecular weight is 399 g/mol. The van der Waals surface area contributed by atoms with Crippen molar-refractivity contribution in [1.82, 2.24) is 14.4 Å². The molecule has 1 aliphatic rings. The van der Waals surface area contributed by atoms with Crippen molar-refractivity contribution >= 4 is 10.0 Å². The van der Waals surface area contributed by atoms with Gasteiger partial charge in [0.05, 0.1) is 12.0 Å². The van der Waals surface area contributed by atoms with Gasteiger partial charge in [0.15, 0.2) is 5.82 Å². The SMILES string of the molecule is COc1ccc(S(=O)(=O)N2CCCC2Cc2noc(-c3ccccc3)n2)cc1. The minimum atomic E-state index is -3.59. The third-order valence-electron chi connectivity index (χ3n) is 4.90. The highest BCUT2D eigenvalue weighted by molar-refractivity contribution is 7.89. The molecule has 0 N–H and O–H groups in total. The Morgan fingerprint density at radius 2 is 1.89 bits per heavy atom. The quantitative estimate of drug-likeness (QED) is 0.633. The van der Waals surface area contributed by atoms with Gasteiger partial charge in [0.25, 0.3) is 5.89 Å². The van der Waals surface area contributed by atoms with Gasteiger partial charge in [-0.3, -0.25) is 0 Å². The van der Waals surface area contributed by atoms with Crippen LogP contribution in [0.1, 0.15) is 18.7 Å². The van der Waals surface area contributed by atoms with E-state index in [0.717, 1.165) is 18.4 Å². The number of methoxy groups -OCH3 is 1. The first-order chi connectivity index (χ1) is 13.6. The highest BCUT2D eigenvalue weighted by Gasteiger charge is 2.36. The maximum atomic E-state index is 13.1. The molecule has 3 aromatic rings. The van der Waals surface area contributed by atoms with Crippen LogP contribution >= 0.6 is 0 Å². The van der Waals surface area contributed by atoms with Crippen molar-refractivity contribution < 1.29 is 17.7 Å². The highest BCUT2D eigenvalue weighted by Crippen LogP contribution is 2.29. The second-order valence-electron chi connectivity index (χ2n) is 6.67. The molecule has 146 valence electrons. The van der Waals surface area contributed by atoms with Crippen molar-refractivity contribution in [1.29, 1.82) is 0 Å². The van der Waals surface area contributed by atoms with Crippen LogP contribution in [0.25, 0.3) is 11.5 Å². The Morgan fingerprint density at radius 1 is 1.14 bits per heavy atom. The number of nitrogens with zero attached hydrogens (tertiary/aromatic N) is 3. The number of hydrogen-bond donors (Lipinski definition) is 0. The minimum Gasteiger partial charge on any atom is -0.497 e. The molecule has 0 spiro atoms. The molecule has 2 aromatic carbocycles. The van der Waals surface area contributed by atoms with Crippen molar-refractivity contribution in [2.45, 2.75) is 30.2 Å². The summed E-state index contributed by atoms with van der Waals surface area (Å²) in [5, 5.41) is 4.04. The molecule has 0 amide bonds. The summed E-state index contributed by atoms with van der Waals surface area (Å²) in [6, 6.07) is 15.8. The lowest BCUT2D eigenvalue weighted by molar-refractivity contribution is 0.369. The third kappa shape index (κ3) is 3.65. The molecule has 8 heteroatoms. The van der Waals surface area contributed by atoms with Crippen LogP contribution in [0.2, 0.25) is 0 Å². The molecule has 28 heavy (non-hydrogen) atoms. The van der Waals surface area contributed by atoms with Gasteiger partial charge in [0.1, 0.15) is 5.75 Å². The summed E-state index contributed by atoms with van der Waals surface area (Å²) >= 11 is 0. The summed E-state index contributed by atoms with van der Waals surface area (Å²) in [6.07, 6.45) is 2.00. The van der Waals surface area contributed by atoms with Gasteiger partial charge >= 0.3 is 0 Å². The largest absolute Gasteiger partial charge is 0.497 e. The summed E-state index contributed by atoms with van der Waals surface area (Å²) in [6.45, 7) is 0.489. The Hall–Kier alpha value is -2.71. The molecule has 1 unspecified atom stereocenters. The summed E-state index contributed by atoms with van der Waals surface area (Å²) in [7, 11) is -2.04. The van der Waals surface area contributed by atoms with Crippen molar-refractivity contribution in [3.05, 3.63) is 60.4 Å². The van der Waals surface area contributed by atoms with E-state index >= 15 is 0 Å². The maximum Gasteiger partial charge on any atom is 0.257 e. The molecular formula is C20H21N3O4S. The fraction of sp³-hybridized carbons (Fsp3) is 0.300. The van der Waals surface area contributed by atoms with Gasteiger partial charge in [-0.25, -0.2) is 8.42 Å². The normalized spacial score (nSPS) is 17.7. The topological polar surface area (TPSA) is 85.5 Å². The van der Waals surface area contributed by atoms with E-state index in [9.17, 15) is 8.42 Å². The van der Waals surface area contributed by atoms with Gasteiger partial charge in [-0.1, -0.05) is 23.4 Å². The Bertz CT molecular complexity index is 1030. The first kappa shape index (κ1) is 18.6. The molecule has 1 saturated heterocycles. The van der Waals surface area contributed by atoms with E-state index in [2.05, 4.69) is 10.1 Å². The number of benzene rings is 2. The second-order valence-corrected chi connectivity index (χ2v) is 8.56. The maximum absolute atomic E-state index is 13.1. The fourth-order valence-corrected chi connectivity index (χ4v) is 5.15. The van der Waals surface area contributed by atoms with Gasteiger partial charge in [0, 0.05) is 24.6 Å². The molecule has 0 aliphatic carbocycles. The van der Waals surface area contributed by atoms with E-state index in [1.165, 1.54) is 0 Å². The lowest BCUT2D eigenvalue weighted by atomic mass is 10.1. The summed E-state index contributed by atoms with van der Waals surface area (Å²) < 4.78 is 38.2. The second kappa shape index (κ2) is 7.73. The van der Waals surface area contributed by atoms with Crippen LogP contribution in [0.4, 0.5) is 0 Å². The molecule has 4 rings (SSSR count). The van der Waals surface area contributed by atoms with E-state index in [-0.39, 0.29) is 10.9 Å². The predicted octanol–water partition coefficient (Wildman–Crippen LogP) is 3.14. The molecule has 1 aromatic heterocycles. The third-order valence-corrected chi connectivity index (χ3v) is 6.86. The van der Waals surface area contributed by atoms with Crippen molar-refractivity contribution in [2.24, 2.45) is 0 Å². The van der Waals surface area contributed by atoms with E-state index in [4.69, 9.17) is 9.26 Å². The average Bonchev–Trinajstić information content (AvgIpc) is 3.39. The van der Waals surface area contributed by atoms with Crippen LogP contribution in [-0.2, 0) is 16.4 Å². The molecule has 0 radical (unpaired) electrons. The van der Waals surface area contributed by atoms with E-state index in [0.29, 0.717) is 30.4 Å². The van der Waals surface area contributed by atoms with Gasteiger partial charge in [-0.05, 0) is 49.2 Å². The van der Waals surface area contributed by atoms with Crippen LogP contribution in [0.3, 0.4) is 0 Å². The predicted molar refractivity (Wildman–Crippen MR) is 103 cm³/mol. The summed E-state index contributed by atoms with van der Waals surface area (Å²) in [4.78, 5) is 4.70. The molecule has 1 aliphatic heterocycles. The number of hydrogen-bond acceptors (Lipinski definition) is 6. The van der Waals surface area contributed by atoms with Gasteiger partial charge in [-0.15, -0.1) is 0 Å². The summed E-state index contributed by atoms with van der Waals surface area (Å²) in [5.41, 5.74) is 0.843. The van der Waals surface area contributed by atoms with E-state index in [1.807, 2.05) is 30.3 Å². The lowest BCUT2D eigenvalue weighted by Gasteiger charge is -2.23. The highest BCUT2D eigenvalue weighted by atomic mass is 32.2. The van der Waals surface area contributed by atoms with Crippen LogP contribution < -0.4 is 4.74 Å². The molecule has 0 bridgehead atoms. The fourth-order valence-electron chi connectivity index (χ4n) is 3.46. The first-order valence-electron chi connectivity index (χ1n) is 9.12. The Kier molecular flexibility index (Phi) is 5.15. The van der Waals surface area contributed by atoms with Crippen LogP contribution in [-0.4, -0.2) is 42.6 Å². The Labute approximate surface area is 164 Å². The van der Waals surface area contributed by atoms with Crippen LogP contribution in [0, 0.1) is 0 Å². The smallest absolute Gasteiger partial charge is 0.257 e. The van der Waals surface area contributed by atoms with Crippen molar-refractivity contribution in [3.63, 3.8) is 0 Å². The Morgan fingerprint density at radius 3 is 2.61 bits per heavy atom. The van der Waals surface area contributed by atoms with E-state index < -0.39 is 10.0 Å². The lowest BCUT2D eigenvalue weighted by Crippen LogP contribution is -2.37. The number of sulfonamides is 1. The molecule has 1 fully saturated rings.